The molecule has 0 radical (unpaired) electrons. The van der Waals surface area contributed by atoms with E-state index in [9.17, 15) is 4.79 Å². The molecule has 5 heteroatoms. The van der Waals surface area contributed by atoms with Crippen LogP contribution in [-0.4, -0.2) is 10.9 Å². The molecular formula is C23H20N2O2S. The average molecular weight is 388 g/mol. The fraction of sp³-hybridized carbons (Fsp3) is 0.130. The standard InChI is InChI=1S/C23H20N2O2S/c1-16(17-8-3-2-4-9-17)24-23(26)20-15-28-22(25-20)14-27-21-13-7-11-18-10-5-6-12-19(18)21/h2-13,15-16H,14H2,1H3,(H,24,26)/t16-/m0/s1. The number of nitrogens with zero attached hydrogens (tertiary/aromatic N) is 1. The van der Waals surface area contributed by atoms with Gasteiger partial charge in [0.15, 0.2) is 0 Å². The van der Waals surface area contributed by atoms with Crippen LogP contribution in [0.2, 0.25) is 0 Å². The van der Waals surface area contributed by atoms with E-state index in [1.54, 1.807) is 5.38 Å². The summed E-state index contributed by atoms with van der Waals surface area (Å²) < 4.78 is 5.97. The number of carbonyl (C=O) groups excluding carboxylic acids is 1. The molecular weight excluding hydrogens is 368 g/mol. The molecule has 3 aromatic carbocycles. The van der Waals surface area contributed by atoms with Crippen LogP contribution in [-0.2, 0) is 6.61 Å². The van der Waals surface area contributed by atoms with E-state index in [1.165, 1.54) is 11.3 Å². The molecule has 1 atom stereocenters. The van der Waals surface area contributed by atoms with Crippen LogP contribution in [0.3, 0.4) is 0 Å². The molecule has 0 saturated heterocycles. The van der Waals surface area contributed by atoms with E-state index in [1.807, 2.05) is 67.6 Å². The second kappa shape index (κ2) is 8.23. The van der Waals surface area contributed by atoms with E-state index in [0.29, 0.717) is 12.3 Å². The average Bonchev–Trinajstić information content (AvgIpc) is 3.22. The monoisotopic (exact) mass is 388 g/mol. The predicted octanol–water partition coefficient (Wildman–Crippen LogP) is 5.37. The summed E-state index contributed by atoms with van der Waals surface area (Å²) in [7, 11) is 0. The van der Waals surface area contributed by atoms with Crippen LogP contribution < -0.4 is 10.1 Å². The van der Waals surface area contributed by atoms with E-state index in [4.69, 9.17) is 4.74 Å². The Balaban J connectivity index is 1.41. The lowest BCUT2D eigenvalue weighted by Crippen LogP contribution is -2.26. The van der Waals surface area contributed by atoms with Gasteiger partial charge in [0.1, 0.15) is 23.1 Å². The number of thiazole rings is 1. The smallest absolute Gasteiger partial charge is 0.271 e. The Morgan fingerprint density at radius 2 is 1.79 bits per heavy atom. The van der Waals surface area contributed by atoms with E-state index in [2.05, 4.69) is 22.4 Å². The van der Waals surface area contributed by atoms with E-state index in [-0.39, 0.29) is 11.9 Å². The van der Waals surface area contributed by atoms with Crippen molar-refractivity contribution in [2.24, 2.45) is 0 Å². The summed E-state index contributed by atoms with van der Waals surface area (Å²) in [5.74, 6) is 0.640. The Hall–Kier alpha value is -3.18. The normalized spacial score (nSPS) is 11.9. The first kappa shape index (κ1) is 18.2. The topological polar surface area (TPSA) is 51.2 Å². The van der Waals surface area contributed by atoms with Crippen molar-refractivity contribution in [3.8, 4) is 5.75 Å². The molecule has 1 amide bonds. The highest BCUT2D eigenvalue weighted by molar-refractivity contribution is 7.09. The number of carbonyl (C=O) groups is 1. The molecule has 1 heterocycles. The van der Waals surface area contributed by atoms with Gasteiger partial charge < -0.3 is 10.1 Å². The Morgan fingerprint density at radius 3 is 2.64 bits per heavy atom. The number of fused-ring (bicyclic) bond motifs is 1. The van der Waals surface area contributed by atoms with Gasteiger partial charge in [0.25, 0.3) is 5.91 Å². The molecule has 0 fully saturated rings. The summed E-state index contributed by atoms with van der Waals surface area (Å²) in [5, 5.41) is 7.73. The second-order valence-corrected chi connectivity index (χ2v) is 7.44. The van der Waals surface area contributed by atoms with Gasteiger partial charge in [-0.15, -0.1) is 11.3 Å². The van der Waals surface area contributed by atoms with Crippen molar-refractivity contribution in [3.05, 3.63) is 94.4 Å². The molecule has 4 aromatic rings. The summed E-state index contributed by atoms with van der Waals surface area (Å²) in [6, 6.07) is 23.9. The highest BCUT2D eigenvalue weighted by Crippen LogP contribution is 2.26. The molecule has 4 rings (SSSR count). The van der Waals surface area contributed by atoms with Gasteiger partial charge in [0.05, 0.1) is 6.04 Å². The van der Waals surface area contributed by atoms with Gasteiger partial charge in [0.2, 0.25) is 0 Å². The lowest BCUT2D eigenvalue weighted by molar-refractivity contribution is 0.0935. The third-order valence-electron chi connectivity index (χ3n) is 4.53. The molecule has 1 aromatic heterocycles. The number of nitrogens with one attached hydrogen (secondary N) is 1. The third kappa shape index (κ3) is 4.05. The summed E-state index contributed by atoms with van der Waals surface area (Å²) >= 11 is 1.43. The molecule has 0 aliphatic rings. The SMILES string of the molecule is C[C@H](NC(=O)c1csc(COc2cccc3ccccc23)n1)c1ccccc1. The van der Waals surface area contributed by atoms with Crippen LogP contribution in [0.1, 0.15) is 34.0 Å². The first-order valence-corrected chi connectivity index (χ1v) is 9.99. The van der Waals surface area contributed by atoms with Gasteiger partial charge >= 0.3 is 0 Å². The highest BCUT2D eigenvalue weighted by Gasteiger charge is 2.15. The van der Waals surface area contributed by atoms with Crippen LogP contribution in [0.15, 0.2) is 78.2 Å². The van der Waals surface area contributed by atoms with Gasteiger partial charge in [0, 0.05) is 10.8 Å². The quantitative estimate of drug-likeness (QED) is 0.483. The maximum Gasteiger partial charge on any atom is 0.271 e. The Labute approximate surface area is 167 Å². The van der Waals surface area contributed by atoms with Crippen LogP contribution in [0.4, 0.5) is 0 Å². The molecule has 0 aliphatic heterocycles. The van der Waals surface area contributed by atoms with Crippen molar-refractivity contribution in [1.29, 1.82) is 0 Å². The van der Waals surface area contributed by atoms with Crippen LogP contribution in [0.5, 0.6) is 5.75 Å². The van der Waals surface area contributed by atoms with Crippen LogP contribution >= 0.6 is 11.3 Å². The van der Waals surface area contributed by atoms with Gasteiger partial charge in [-0.05, 0) is 23.9 Å². The Bertz CT molecular complexity index is 1090. The van der Waals surface area contributed by atoms with Gasteiger partial charge in [-0.25, -0.2) is 4.98 Å². The van der Waals surface area contributed by atoms with E-state index in [0.717, 1.165) is 27.1 Å². The lowest BCUT2D eigenvalue weighted by Gasteiger charge is -2.13. The largest absolute Gasteiger partial charge is 0.486 e. The molecule has 0 spiro atoms. The third-order valence-corrected chi connectivity index (χ3v) is 5.35. The van der Waals surface area contributed by atoms with E-state index < -0.39 is 0 Å². The van der Waals surface area contributed by atoms with Crippen LogP contribution in [0, 0.1) is 0 Å². The minimum Gasteiger partial charge on any atom is -0.486 e. The predicted molar refractivity (Wildman–Crippen MR) is 113 cm³/mol. The highest BCUT2D eigenvalue weighted by atomic mass is 32.1. The second-order valence-electron chi connectivity index (χ2n) is 6.50. The number of hydrogen-bond acceptors (Lipinski definition) is 4. The maximum atomic E-state index is 12.5. The minimum atomic E-state index is -0.177. The molecule has 0 bridgehead atoms. The van der Waals surface area contributed by atoms with Gasteiger partial charge in [-0.2, -0.15) is 0 Å². The zero-order valence-corrected chi connectivity index (χ0v) is 16.3. The number of ether oxygens (including phenoxy) is 1. The first-order chi connectivity index (χ1) is 13.7. The number of hydrogen-bond donors (Lipinski definition) is 1. The summed E-state index contributed by atoms with van der Waals surface area (Å²) in [6.07, 6.45) is 0. The first-order valence-electron chi connectivity index (χ1n) is 9.11. The van der Waals surface area contributed by atoms with Crippen LogP contribution in [0.25, 0.3) is 10.8 Å². The number of aromatic nitrogens is 1. The number of amides is 1. The lowest BCUT2D eigenvalue weighted by atomic mass is 10.1. The van der Waals surface area contributed by atoms with E-state index >= 15 is 0 Å². The van der Waals surface area contributed by atoms with Crippen molar-refractivity contribution in [3.63, 3.8) is 0 Å². The fourth-order valence-electron chi connectivity index (χ4n) is 3.04. The zero-order chi connectivity index (χ0) is 19.3. The Morgan fingerprint density at radius 1 is 1.04 bits per heavy atom. The van der Waals surface area contributed by atoms with Crippen molar-refractivity contribution in [2.75, 3.05) is 0 Å². The molecule has 4 nitrogen and oxygen atoms in total. The van der Waals surface area contributed by atoms with Crippen molar-refractivity contribution >= 4 is 28.0 Å². The van der Waals surface area contributed by atoms with Crippen molar-refractivity contribution < 1.29 is 9.53 Å². The summed E-state index contributed by atoms with van der Waals surface area (Å²) in [6.45, 7) is 2.30. The summed E-state index contributed by atoms with van der Waals surface area (Å²) in [4.78, 5) is 16.9. The number of benzene rings is 3. The van der Waals surface area contributed by atoms with Crippen molar-refractivity contribution in [1.82, 2.24) is 10.3 Å². The minimum absolute atomic E-state index is 0.0780. The molecule has 0 saturated carbocycles. The summed E-state index contributed by atoms with van der Waals surface area (Å²) in [5.41, 5.74) is 1.48. The van der Waals surface area contributed by atoms with Gasteiger partial charge in [-0.3, -0.25) is 4.79 Å². The van der Waals surface area contributed by atoms with Crippen molar-refractivity contribution in [2.45, 2.75) is 19.6 Å². The fourth-order valence-corrected chi connectivity index (χ4v) is 3.72. The Kier molecular flexibility index (Phi) is 5.35. The molecule has 0 unspecified atom stereocenters. The van der Waals surface area contributed by atoms with Gasteiger partial charge in [-0.1, -0.05) is 66.7 Å². The zero-order valence-electron chi connectivity index (χ0n) is 15.5. The molecule has 28 heavy (non-hydrogen) atoms. The molecule has 0 aliphatic carbocycles. The number of rotatable bonds is 6. The maximum absolute atomic E-state index is 12.5. The molecule has 140 valence electrons. The molecule has 1 N–H and O–H groups in total.